The van der Waals surface area contributed by atoms with Gasteiger partial charge >= 0.3 is 0 Å². The third kappa shape index (κ3) is 4.02. The van der Waals surface area contributed by atoms with Gasteiger partial charge in [-0.3, -0.25) is 9.69 Å². The summed E-state index contributed by atoms with van der Waals surface area (Å²) in [5, 5.41) is 7.08. The van der Waals surface area contributed by atoms with E-state index in [1.807, 2.05) is 18.3 Å². The lowest BCUT2D eigenvalue weighted by molar-refractivity contribution is -0.133. The Morgan fingerprint density at radius 3 is 2.90 bits per heavy atom. The standard InChI is InChI=1S/C23H35N5O2/c1-30-17-6-8-24-21(14-17)28-11-9-27(10-12-28)15-16-4-5-18-20(13-16)26-23(29)19-3-2-7-25-22(18)19/h6,8,14,16,18-20,22,25H,2-5,7,9-13,15H2,1H3,(H,26,29). The van der Waals surface area contributed by atoms with Gasteiger partial charge in [-0.1, -0.05) is 0 Å². The number of carbonyl (C=O) groups is 1. The largest absolute Gasteiger partial charge is 0.497 e. The average molecular weight is 414 g/mol. The summed E-state index contributed by atoms with van der Waals surface area (Å²) in [6, 6.07) is 4.70. The van der Waals surface area contributed by atoms with Crippen LogP contribution in [0.3, 0.4) is 0 Å². The zero-order valence-electron chi connectivity index (χ0n) is 18.1. The molecule has 0 radical (unpaired) electrons. The van der Waals surface area contributed by atoms with Crippen molar-refractivity contribution in [3.05, 3.63) is 18.3 Å². The Bertz CT molecular complexity index is 751. The molecular formula is C23H35N5O2. The molecule has 1 aliphatic carbocycles. The van der Waals surface area contributed by atoms with Crippen LogP contribution < -0.4 is 20.3 Å². The molecule has 7 nitrogen and oxygen atoms in total. The number of piperidine rings is 2. The summed E-state index contributed by atoms with van der Waals surface area (Å²) >= 11 is 0. The lowest BCUT2D eigenvalue weighted by atomic mass is 9.67. The molecule has 4 fully saturated rings. The van der Waals surface area contributed by atoms with Crippen molar-refractivity contribution in [1.82, 2.24) is 20.5 Å². The zero-order chi connectivity index (χ0) is 20.5. The van der Waals surface area contributed by atoms with E-state index in [0.717, 1.165) is 70.1 Å². The molecule has 1 saturated carbocycles. The van der Waals surface area contributed by atoms with E-state index in [-0.39, 0.29) is 5.92 Å². The van der Waals surface area contributed by atoms with Crippen LogP contribution in [-0.2, 0) is 4.79 Å². The van der Waals surface area contributed by atoms with Gasteiger partial charge in [0.2, 0.25) is 5.91 Å². The van der Waals surface area contributed by atoms with E-state index >= 15 is 0 Å². The number of hydrogen-bond donors (Lipinski definition) is 2. The Hall–Kier alpha value is -1.86. The van der Waals surface area contributed by atoms with Crippen molar-refractivity contribution in [1.29, 1.82) is 0 Å². The van der Waals surface area contributed by atoms with Gasteiger partial charge in [0.25, 0.3) is 0 Å². The van der Waals surface area contributed by atoms with E-state index < -0.39 is 0 Å². The summed E-state index contributed by atoms with van der Waals surface area (Å²) in [6.07, 6.45) is 7.69. The SMILES string of the molecule is COc1ccnc(N2CCN(CC3CCC4C(C3)NC(=O)C3CCCNC34)CC2)c1. The lowest BCUT2D eigenvalue weighted by Crippen LogP contribution is -2.64. The number of carbonyl (C=O) groups excluding carboxylic acids is 1. The van der Waals surface area contributed by atoms with Gasteiger partial charge in [-0.2, -0.15) is 0 Å². The monoisotopic (exact) mass is 413 g/mol. The number of nitrogens with zero attached hydrogens (tertiary/aromatic N) is 3. The maximum Gasteiger partial charge on any atom is 0.224 e. The van der Waals surface area contributed by atoms with Crippen LogP contribution in [0.4, 0.5) is 5.82 Å². The van der Waals surface area contributed by atoms with Gasteiger partial charge in [0, 0.05) is 57.1 Å². The molecule has 164 valence electrons. The van der Waals surface area contributed by atoms with Gasteiger partial charge in [-0.05, 0) is 56.6 Å². The summed E-state index contributed by atoms with van der Waals surface area (Å²) in [4.78, 5) is 22.1. The van der Waals surface area contributed by atoms with Crippen LogP contribution in [0.2, 0.25) is 0 Å². The molecule has 5 rings (SSSR count). The molecule has 1 amide bonds. The quantitative estimate of drug-likeness (QED) is 0.780. The Labute approximate surface area is 179 Å². The molecule has 3 aliphatic heterocycles. The maximum absolute atomic E-state index is 12.6. The number of nitrogens with one attached hydrogen (secondary N) is 2. The van der Waals surface area contributed by atoms with Crippen molar-refractivity contribution in [3.63, 3.8) is 0 Å². The van der Waals surface area contributed by atoms with Crippen LogP contribution >= 0.6 is 0 Å². The number of aromatic nitrogens is 1. The molecule has 2 N–H and O–H groups in total. The van der Waals surface area contributed by atoms with Crippen LogP contribution in [0, 0.1) is 17.8 Å². The highest BCUT2D eigenvalue weighted by atomic mass is 16.5. The van der Waals surface area contributed by atoms with Crippen molar-refractivity contribution in [3.8, 4) is 5.75 Å². The number of anilines is 1. The molecule has 4 heterocycles. The van der Waals surface area contributed by atoms with E-state index in [1.165, 1.54) is 12.8 Å². The fraction of sp³-hybridized carbons (Fsp3) is 0.739. The van der Waals surface area contributed by atoms with E-state index in [9.17, 15) is 4.79 Å². The molecule has 1 aromatic rings. The third-order valence-corrected chi connectivity index (χ3v) is 7.81. The van der Waals surface area contributed by atoms with Gasteiger partial charge in [-0.15, -0.1) is 0 Å². The Morgan fingerprint density at radius 2 is 2.07 bits per heavy atom. The highest BCUT2D eigenvalue weighted by Gasteiger charge is 2.47. The summed E-state index contributed by atoms with van der Waals surface area (Å²) in [6.45, 7) is 6.38. The number of rotatable bonds is 4. The molecule has 7 heteroatoms. The van der Waals surface area contributed by atoms with Crippen molar-refractivity contribution in [2.75, 3.05) is 51.3 Å². The molecule has 30 heavy (non-hydrogen) atoms. The number of piperazine rings is 1. The summed E-state index contributed by atoms with van der Waals surface area (Å²) in [7, 11) is 1.70. The van der Waals surface area contributed by atoms with Gasteiger partial charge in [0.15, 0.2) is 0 Å². The van der Waals surface area contributed by atoms with E-state index in [4.69, 9.17) is 4.74 Å². The number of ether oxygens (including phenoxy) is 1. The van der Waals surface area contributed by atoms with Crippen molar-refractivity contribution in [2.45, 2.75) is 44.2 Å². The van der Waals surface area contributed by atoms with Gasteiger partial charge in [0.05, 0.1) is 13.0 Å². The molecule has 5 unspecified atom stereocenters. The van der Waals surface area contributed by atoms with Crippen LogP contribution in [0.5, 0.6) is 5.75 Å². The molecule has 4 aliphatic rings. The van der Waals surface area contributed by atoms with Gasteiger partial charge < -0.3 is 20.3 Å². The second-order valence-corrected chi connectivity index (χ2v) is 9.53. The summed E-state index contributed by atoms with van der Waals surface area (Å²) < 4.78 is 5.34. The number of fused-ring (bicyclic) bond motifs is 3. The molecular weight excluding hydrogens is 378 g/mol. The fourth-order valence-corrected chi connectivity index (χ4v) is 6.21. The second kappa shape index (κ2) is 8.71. The Balaban J connectivity index is 1.13. The van der Waals surface area contributed by atoms with Gasteiger partial charge in [-0.25, -0.2) is 4.98 Å². The molecule has 5 atom stereocenters. The minimum absolute atomic E-state index is 0.204. The van der Waals surface area contributed by atoms with Crippen LogP contribution in [0.1, 0.15) is 32.1 Å². The number of pyridine rings is 1. The van der Waals surface area contributed by atoms with Crippen LogP contribution in [-0.4, -0.2) is 74.3 Å². The first-order valence-electron chi connectivity index (χ1n) is 11.7. The summed E-state index contributed by atoms with van der Waals surface area (Å²) in [5.74, 6) is 3.69. The Morgan fingerprint density at radius 1 is 1.20 bits per heavy atom. The highest BCUT2D eigenvalue weighted by Crippen LogP contribution is 2.39. The molecule has 0 spiro atoms. The number of methoxy groups -OCH3 is 1. The predicted molar refractivity (Wildman–Crippen MR) is 117 cm³/mol. The molecule has 0 bridgehead atoms. The first kappa shape index (κ1) is 20.1. The normalized spacial score (nSPS) is 34.6. The first-order valence-corrected chi connectivity index (χ1v) is 11.7. The first-order chi connectivity index (χ1) is 14.7. The highest BCUT2D eigenvalue weighted by molar-refractivity contribution is 5.81. The fourth-order valence-electron chi connectivity index (χ4n) is 6.21. The number of amides is 1. The molecule has 0 aromatic carbocycles. The number of hydrogen-bond acceptors (Lipinski definition) is 6. The third-order valence-electron chi connectivity index (χ3n) is 7.81. The van der Waals surface area contributed by atoms with Crippen LogP contribution in [0.25, 0.3) is 0 Å². The maximum atomic E-state index is 12.6. The van der Waals surface area contributed by atoms with Crippen molar-refractivity contribution in [2.24, 2.45) is 17.8 Å². The van der Waals surface area contributed by atoms with E-state index in [2.05, 4.69) is 25.4 Å². The van der Waals surface area contributed by atoms with Crippen molar-refractivity contribution < 1.29 is 9.53 Å². The van der Waals surface area contributed by atoms with E-state index in [1.54, 1.807) is 7.11 Å². The van der Waals surface area contributed by atoms with Gasteiger partial charge in [0.1, 0.15) is 11.6 Å². The summed E-state index contributed by atoms with van der Waals surface area (Å²) in [5.41, 5.74) is 0. The average Bonchev–Trinajstić information content (AvgIpc) is 2.80. The Kier molecular flexibility index (Phi) is 5.83. The minimum Gasteiger partial charge on any atom is -0.497 e. The smallest absolute Gasteiger partial charge is 0.224 e. The minimum atomic E-state index is 0.204. The second-order valence-electron chi connectivity index (χ2n) is 9.53. The zero-order valence-corrected chi connectivity index (χ0v) is 18.1. The van der Waals surface area contributed by atoms with Crippen LogP contribution in [0.15, 0.2) is 18.3 Å². The molecule has 1 aromatic heterocycles. The van der Waals surface area contributed by atoms with E-state index in [0.29, 0.717) is 29.8 Å². The predicted octanol–water partition coefficient (Wildman–Crippen LogP) is 1.50. The molecule has 3 saturated heterocycles. The van der Waals surface area contributed by atoms with Crippen molar-refractivity contribution >= 4 is 11.7 Å². The lowest BCUT2D eigenvalue weighted by Gasteiger charge is -2.50. The topological polar surface area (TPSA) is 69.7 Å².